The minimum Gasteiger partial charge on any atom is -0.493 e. The largest absolute Gasteiger partial charge is 0.493 e. The summed E-state index contributed by atoms with van der Waals surface area (Å²) in [4.78, 5) is 0. The summed E-state index contributed by atoms with van der Waals surface area (Å²) in [5, 5.41) is 0.807. The van der Waals surface area contributed by atoms with Crippen molar-refractivity contribution in [1.29, 1.82) is 0 Å². The molecule has 0 spiro atoms. The van der Waals surface area contributed by atoms with Crippen LogP contribution >= 0.6 is 15.9 Å². The molecule has 0 unspecified atom stereocenters. The van der Waals surface area contributed by atoms with E-state index in [1.807, 2.05) is 30.3 Å². The molecule has 0 aliphatic heterocycles. The predicted octanol–water partition coefficient (Wildman–Crippen LogP) is 4.48. The second kappa shape index (κ2) is 6.62. The third-order valence-electron chi connectivity index (χ3n) is 3.03. The molecule has 0 fully saturated rings. The van der Waals surface area contributed by atoms with Crippen molar-refractivity contribution in [3.8, 4) is 11.5 Å². The molecule has 19 heavy (non-hydrogen) atoms. The Morgan fingerprint density at radius 2 is 1.84 bits per heavy atom. The molecular weight excluding hydrogens is 304 g/mol. The molecule has 2 aromatic carbocycles. The zero-order valence-electron chi connectivity index (χ0n) is 11.2. The Bertz CT molecular complexity index is 552. The minimum atomic E-state index is 0.552. The first-order valence-electron chi connectivity index (χ1n) is 6.14. The molecule has 0 saturated carbocycles. The maximum atomic E-state index is 5.85. The van der Waals surface area contributed by atoms with E-state index in [9.17, 15) is 0 Å². The maximum Gasteiger partial charge on any atom is 0.161 e. The van der Waals surface area contributed by atoms with Gasteiger partial charge in [0.1, 0.15) is 6.61 Å². The highest BCUT2D eigenvalue weighted by Crippen LogP contribution is 2.29. The smallest absolute Gasteiger partial charge is 0.161 e. The molecule has 2 rings (SSSR count). The molecule has 0 radical (unpaired) electrons. The van der Waals surface area contributed by atoms with Crippen molar-refractivity contribution in [2.75, 3.05) is 7.11 Å². The summed E-state index contributed by atoms with van der Waals surface area (Å²) in [6.45, 7) is 2.64. The number of hydrogen-bond acceptors (Lipinski definition) is 2. The van der Waals surface area contributed by atoms with Crippen molar-refractivity contribution in [2.45, 2.75) is 18.9 Å². The summed E-state index contributed by atoms with van der Waals surface area (Å²) in [7, 11) is 1.66. The number of methoxy groups -OCH3 is 1. The van der Waals surface area contributed by atoms with Gasteiger partial charge in [0.15, 0.2) is 11.5 Å². The van der Waals surface area contributed by atoms with Gasteiger partial charge in [-0.1, -0.05) is 46.3 Å². The molecule has 0 amide bonds. The van der Waals surface area contributed by atoms with Gasteiger partial charge in [0.25, 0.3) is 0 Å². The highest BCUT2D eigenvalue weighted by molar-refractivity contribution is 9.08. The molecule has 0 N–H and O–H groups in total. The van der Waals surface area contributed by atoms with Crippen molar-refractivity contribution in [2.24, 2.45) is 0 Å². The van der Waals surface area contributed by atoms with Crippen LogP contribution in [0.3, 0.4) is 0 Å². The Kier molecular flexibility index (Phi) is 4.86. The Labute approximate surface area is 122 Å². The van der Waals surface area contributed by atoms with Crippen LogP contribution in [-0.4, -0.2) is 7.11 Å². The van der Waals surface area contributed by atoms with E-state index in [1.54, 1.807) is 7.11 Å². The van der Waals surface area contributed by atoms with Gasteiger partial charge in [-0.05, 0) is 35.7 Å². The highest BCUT2D eigenvalue weighted by Gasteiger charge is 2.06. The van der Waals surface area contributed by atoms with Gasteiger partial charge in [-0.3, -0.25) is 0 Å². The molecule has 0 aromatic heterocycles. The van der Waals surface area contributed by atoms with E-state index in [4.69, 9.17) is 9.47 Å². The van der Waals surface area contributed by atoms with Crippen LogP contribution in [0.25, 0.3) is 0 Å². The van der Waals surface area contributed by atoms with Crippen LogP contribution in [0.1, 0.15) is 16.7 Å². The molecule has 0 bridgehead atoms. The van der Waals surface area contributed by atoms with Gasteiger partial charge in [-0.2, -0.15) is 0 Å². The number of aryl methyl sites for hydroxylation is 1. The molecule has 3 heteroatoms. The lowest BCUT2D eigenvalue weighted by molar-refractivity contribution is 0.284. The van der Waals surface area contributed by atoms with Crippen LogP contribution in [0.15, 0.2) is 42.5 Å². The Balaban J connectivity index is 2.13. The third-order valence-corrected chi connectivity index (χ3v) is 3.67. The fourth-order valence-electron chi connectivity index (χ4n) is 1.84. The van der Waals surface area contributed by atoms with E-state index >= 15 is 0 Å². The van der Waals surface area contributed by atoms with Crippen molar-refractivity contribution < 1.29 is 9.47 Å². The molecule has 0 saturated heterocycles. The lowest BCUT2D eigenvalue weighted by atomic mass is 10.1. The second-order valence-electron chi connectivity index (χ2n) is 4.33. The van der Waals surface area contributed by atoms with Crippen molar-refractivity contribution in [3.05, 3.63) is 59.2 Å². The van der Waals surface area contributed by atoms with E-state index in [0.717, 1.165) is 16.8 Å². The standard InChI is InChI=1S/C16H17BrO2/c1-12-5-3-4-6-14(12)11-19-15-8-7-13(10-17)9-16(15)18-2/h3-9H,10-11H2,1-2H3. The number of alkyl halides is 1. The molecule has 0 atom stereocenters. The minimum absolute atomic E-state index is 0.552. The topological polar surface area (TPSA) is 18.5 Å². The molecule has 0 aliphatic carbocycles. The molecular formula is C16H17BrO2. The zero-order valence-corrected chi connectivity index (χ0v) is 12.7. The van der Waals surface area contributed by atoms with E-state index < -0.39 is 0 Å². The molecule has 100 valence electrons. The monoisotopic (exact) mass is 320 g/mol. The van der Waals surface area contributed by atoms with Gasteiger partial charge in [0.05, 0.1) is 7.11 Å². The van der Waals surface area contributed by atoms with Gasteiger partial charge in [0, 0.05) is 5.33 Å². The average molecular weight is 321 g/mol. The summed E-state index contributed by atoms with van der Waals surface area (Å²) in [6, 6.07) is 14.2. The van der Waals surface area contributed by atoms with Crippen molar-refractivity contribution in [1.82, 2.24) is 0 Å². The number of benzene rings is 2. The first-order valence-corrected chi connectivity index (χ1v) is 7.27. The summed E-state index contributed by atoms with van der Waals surface area (Å²) in [5.41, 5.74) is 3.59. The first kappa shape index (κ1) is 13.9. The van der Waals surface area contributed by atoms with Crippen LogP contribution < -0.4 is 9.47 Å². The van der Waals surface area contributed by atoms with Crippen LogP contribution in [0, 0.1) is 6.92 Å². The van der Waals surface area contributed by atoms with Crippen LogP contribution in [0.2, 0.25) is 0 Å². The van der Waals surface area contributed by atoms with Gasteiger partial charge >= 0.3 is 0 Å². The van der Waals surface area contributed by atoms with Gasteiger partial charge in [-0.15, -0.1) is 0 Å². The van der Waals surface area contributed by atoms with Crippen LogP contribution in [0.4, 0.5) is 0 Å². The fourth-order valence-corrected chi connectivity index (χ4v) is 2.19. The van der Waals surface area contributed by atoms with E-state index in [0.29, 0.717) is 6.61 Å². The zero-order chi connectivity index (χ0) is 13.7. The third kappa shape index (κ3) is 3.51. The van der Waals surface area contributed by atoms with Crippen molar-refractivity contribution >= 4 is 15.9 Å². The molecule has 2 aromatic rings. The van der Waals surface area contributed by atoms with E-state index in [1.165, 1.54) is 16.7 Å². The average Bonchev–Trinajstić information content (AvgIpc) is 2.46. The summed E-state index contributed by atoms with van der Waals surface area (Å²) < 4.78 is 11.2. The second-order valence-corrected chi connectivity index (χ2v) is 4.89. The SMILES string of the molecule is COc1cc(CBr)ccc1OCc1ccccc1C. The molecule has 2 nitrogen and oxygen atoms in total. The quantitative estimate of drug-likeness (QED) is 0.756. The number of rotatable bonds is 5. The number of ether oxygens (including phenoxy) is 2. The predicted molar refractivity (Wildman–Crippen MR) is 81.1 cm³/mol. The maximum absolute atomic E-state index is 5.85. The molecule has 0 aliphatic rings. The van der Waals surface area contributed by atoms with E-state index in [2.05, 4.69) is 35.0 Å². The van der Waals surface area contributed by atoms with Gasteiger partial charge < -0.3 is 9.47 Å². The highest BCUT2D eigenvalue weighted by atomic mass is 79.9. The van der Waals surface area contributed by atoms with Crippen LogP contribution in [-0.2, 0) is 11.9 Å². The summed E-state index contributed by atoms with van der Waals surface area (Å²) >= 11 is 3.43. The molecule has 0 heterocycles. The number of hydrogen-bond donors (Lipinski definition) is 0. The Hall–Kier alpha value is -1.48. The van der Waals surface area contributed by atoms with E-state index in [-0.39, 0.29) is 0 Å². The summed E-state index contributed by atoms with van der Waals surface area (Å²) in [6.07, 6.45) is 0. The van der Waals surface area contributed by atoms with Gasteiger partial charge in [-0.25, -0.2) is 0 Å². The normalized spacial score (nSPS) is 10.3. The van der Waals surface area contributed by atoms with Gasteiger partial charge in [0.2, 0.25) is 0 Å². The number of halogens is 1. The summed E-state index contributed by atoms with van der Waals surface area (Å²) in [5.74, 6) is 1.54. The first-order chi connectivity index (χ1) is 9.24. The Morgan fingerprint density at radius 1 is 1.05 bits per heavy atom. The lowest BCUT2D eigenvalue weighted by Gasteiger charge is -2.12. The lowest BCUT2D eigenvalue weighted by Crippen LogP contribution is -1.99. The van der Waals surface area contributed by atoms with Crippen LogP contribution in [0.5, 0.6) is 11.5 Å². The Morgan fingerprint density at radius 3 is 2.53 bits per heavy atom. The fraction of sp³-hybridized carbons (Fsp3) is 0.250. The van der Waals surface area contributed by atoms with Crippen molar-refractivity contribution in [3.63, 3.8) is 0 Å².